The second-order valence-electron chi connectivity index (χ2n) is 2.89. The second kappa shape index (κ2) is 4.06. The molecule has 66 valence electrons. The smallest absolute Gasteiger partial charge is 0.0863 e. The van der Waals surface area contributed by atoms with Crippen molar-refractivity contribution in [3.63, 3.8) is 0 Å². The van der Waals surface area contributed by atoms with Crippen LogP contribution in [0.3, 0.4) is 0 Å². The fraction of sp³-hybridized carbons (Fsp3) is 1.00. The molecule has 0 spiro atoms. The lowest BCUT2D eigenvalue weighted by molar-refractivity contribution is 0.178. The molecule has 0 aromatic heterocycles. The number of rotatable bonds is 2. The largest absolute Gasteiger partial charge is 0.391 e. The van der Waals surface area contributed by atoms with E-state index in [0.717, 1.165) is 6.42 Å². The minimum absolute atomic E-state index is 0.109. The molecule has 0 aromatic carbocycles. The van der Waals surface area contributed by atoms with Crippen molar-refractivity contribution < 1.29 is 5.11 Å². The van der Waals surface area contributed by atoms with Crippen molar-refractivity contribution in [3.8, 4) is 0 Å². The Kier molecular flexibility index (Phi) is 3.59. The Balaban J connectivity index is 2.57. The van der Waals surface area contributed by atoms with E-state index in [1.807, 2.05) is 30.4 Å². The molecule has 1 aliphatic heterocycles. The molecule has 0 aromatic rings. The molecule has 11 heavy (non-hydrogen) atoms. The maximum absolute atomic E-state index is 9.59. The number of aliphatic hydroxyl groups excluding tert-OH is 1. The molecule has 1 heterocycles. The molecule has 1 atom stereocenters. The van der Waals surface area contributed by atoms with Gasteiger partial charge in [-0.15, -0.1) is 23.5 Å². The van der Waals surface area contributed by atoms with Gasteiger partial charge in [0.15, 0.2) is 0 Å². The highest BCUT2D eigenvalue weighted by Crippen LogP contribution is 2.46. The average Bonchev–Trinajstić information content (AvgIpc) is 2.05. The van der Waals surface area contributed by atoms with Gasteiger partial charge in [0, 0.05) is 0 Å². The summed E-state index contributed by atoms with van der Waals surface area (Å²) >= 11 is 3.86. The predicted molar refractivity (Wildman–Crippen MR) is 54.2 cm³/mol. The molecular formula is C8H16OS2. The third-order valence-electron chi connectivity index (χ3n) is 2.11. The van der Waals surface area contributed by atoms with Crippen molar-refractivity contribution in [2.45, 2.75) is 36.9 Å². The van der Waals surface area contributed by atoms with E-state index >= 15 is 0 Å². The molecule has 1 N–H and O–H groups in total. The van der Waals surface area contributed by atoms with Crippen LogP contribution in [0.2, 0.25) is 0 Å². The van der Waals surface area contributed by atoms with E-state index in [4.69, 9.17) is 0 Å². The second-order valence-corrected chi connectivity index (χ2v) is 6.00. The van der Waals surface area contributed by atoms with Crippen molar-refractivity contribution >= 4 is 23.5 Å². The molecule has 0 unspecified atom stereocenters. The summed E-state index contributed by atoms with van der Waals surface area (Å²) < 4.78 is 0.109. The van der Waals surface area contributed by atoms with Crippen LogP contribution < -0.4 is 0 Å². The minimum atomic E-state index is -0.178. The average molecular weight is 192 g/mol. The lowest BCUT2D eigenvalue weighted by atomic mass is 10.2. The SMILES string of the molecule is CCC1([C@H](C)O)SCCCS1. The van der Waals surface area contributed by atoms with E-state index in [1.165, 1.54) is 17.9 Å². The normalized spacial score (nSPS) is 26.5. The molecule has 0 amide bonds. The highest BCUT2D eigenvalue weighted by molar-refractivity contribution is 8.18. The quantitative estimate of drug-likeness (QED) is 0.725. The number of aliphatic hydroxyl groups is 1. The van der Waals surface area contributed by atoms with Crippen LogP contribution in [0.4, 0.5) is 0 Å². The molecule has 1 nitrogen and oxygen atoms in total. The fourth-order valence-corrected chi connectivity index (χ4v) is 4.51. The number of hydrogen-bond acceptors (Lipinski definition) is 3. The molecule has 1 aliphatic rings. The summed E-state index contributed by atoms with van der Waals surface area (Å²) in [5.41, 5.74) is 0. The third-order valence-corrected chi connectivity index (χ3v) is 6.04. The van der Waals surface area contributed by atoms with Crippen LogP contribution in [0, 0.1) is 0 Å². The molecule has 0 bridgehead atoms. The van der Waals surface area contributed by atoms with Gasteiger partial charge in [0.05, 0.1) is 10.2 Å². The summed E-state index contributed by atoms with van der Waals surface area (Å²) in [7, 11) is 0. The van der Waals surface area contributed by atoms with Gasteiger partial charge in [-0.1, -0.05) is 6.92 Å². The van der Waals surface area contributed by atoms with E-state index in [9.17, 15) is 5.11 Å². The first-order chi connectivity index (χ1) is 5.21. The Morgan fingerprint density at radius 1 is 1.45 bits per heavy atom. The zero-order valence-corrected chi connectivity index (χ0v) is 8.80. The Morgan fingerprint density at radius 3 is 2.27 bits per heavy atom. The van der Waals surface area contributed by atoms with Gasteiger partial charge in [0.1, 0.15) is 0 Å². The van der Waals surface area contributed by atoms with Crippen molar-refractivity contribution in [1.29, 1.82) is 0 Å². The van der Waals surface area contributed by atoms with Crippen LogP contribution in [-0.2, 0) is 0 Å². The van der Waals surface area contributed by atoms with Gasteiger partial charge < -0.3 is 5.11 Å². The van der Waals surface area contributed by atoms with Gasteiger partial charge in [-0.3, -0.25) is 0 Å². The van der Waals surface area contributed by atoms with E-state index in [-0.39, 0.29) is 10.2 Å². The van der Waals surface area contributed by atoms with E-state index in [2.05, 4.69) is 6.92 Å². The first-order valence-electron chi connectivity index (χ1n) is 4.17. The van der Waals surface area contributed by atoms with Crippen LogP contribution in [0.1, 0.15) is 26.7 Å². The molecule has 0 saturated carbocycles. The Morgan fingerprint density at radius 2 is 2.00 bits per heavy atom. The number of thioether (sulfide) groups is 2. The topological polar surface area (TPSA) is 20.2 Å². The van der Waals surface area contributed by atoms with E-state index in [1.54, 1.807) is 0 Å². The van der Waals surface area contributed by atoms with Gasteiger partial charge in [0.25, 0.3) is 0 Å². The lowest BCUT2D eigenvalue weighted by Crippen LogP contribution is -2.35. The van der Waals surface area contributed by atoms with Gasteiger partial charge in [-0.05, 0) is 31.3 Å². The Hall–Kier alpha value is 0.660. The van der Waals surface area contributed by atoms with Crippen LogP contribution in [-0.4, -0.2) is 26.8 Å². The van der Waals surface area contributed by atoms with Gasteiger partial charge in [-0.25, -0.2) is 0 Å². The van der Waals surface area contributed by atoms with Crippen molar-refractivity contribution in [2.75, 3.05) is 11.5 Å². The fourth-order valence-electron chi connectivity index (χ4n) is 1.33. The summed E-state index contributed by atoms with van der Waals surface area (Å²) in [4.78, 5) is 0. The first kappa shape index (κ1) is 9.75. The zero-order chi connectivity index (χ0) is 8.32. The highest BCUT2D eigenvalue weighted by atomic mass is 32.2. The van der Waals surface area contributed by atoms with Crippen LogP contribution in [0.5, 0.6) is 0 Å². The monoisotopic (exact) mass is 192 g/mol. The lowest BCUT2D eigenvalue weighted by Gasteiger charge is -2.37. The Labute approximate surface area is 77.3 Å². The first-order valence-corrected chi connectivity index (χ1v) is 6.14. The summed E-state index contributed by atoms with van der Waals surface area (Å²) in [5, 5.41) is 9.59. The zero-order valence-electron chi connectivity index (χ0n) is 7.17. The van der Waals surface area contributed by atoms with Crippen molar-refractivity contribution in [2.24, 2.45) is 0 Å². The molecule has 1 saturated heterocycles. The molecule has 0 radical (unpaired) electrons. The summed E-state index contributed by atoms with van der Waals surface area (Å²) in [6, 6.07) is 0. The van der Waals surface area contributed by atoms with Crippen LogP contribution in [0.25, 0.3) is 0 Å². The molecule has 3 heteroatoms. The summed E-state index contributed by atoms with van der Waals surface area (Å²) in [6.07, 6.45) is 2.19. The van der Waals surface area contributed by atoms with Crippen LogP contribution in [0.15, 0.2) is 0 Å². The van der Waals surface area contributed by atoms with E-state index in [0.29, 0.717) is 0 Å². The maximum Gasteiger partial charge on any atom is 0.0863 e. The molecular weight excluding hydrogens is 176 g/mol. The molecule has 0 aliphatic carbocycles. The predicted octanol–water partition coefficient (Wildman–Crippen LogP) is 2.34. The third kappa shape index (κ3) is 2.07. The highest BCUT2D eigenvalue weighted by Gasteiger charge is 2.36. The minimum Gasteiger partial charge on any atom is -0.391 e. The van der Waals surface area contributed by atoms with Gasteiger partial charge in [-0.2, -0.15) is 0 Å². The van der Waals surface area contributed by atoms with Crippen LogP contribution >= 0.6 is 23.5 Å². The summed E-state index contributed by atoms with van der Waals surface area (Å²) in [6.45, 7) is 4.08. The molecule has 1 rings (SSSR count). The standard InChI is InChI=1S/C8H16OS2/c1-3-8(7(2)9)10-5-4-6-11-8/h7,9H,3-6H2,1-2H3/t7-/m0/s1. The number of hydrogen-bond donors (Lipinski definition) is 1. The van der Waals surface area contributed by atoms with Gasteiger partial charge >= 0.3 is 0 Å². The van der Waals surface area contributed by atoms with Gasteiger partial charge in [0.2, 0.25) is 0 Å². The van der Waals surface area contributed by atoms with E-state index < -0.39 is 0 Å². The Bertz CT molecular complexity index is 119. The van der Waals surface area contributed by atoms with Crippen molar-refractivity contribution in [1.82, 2.24) is 0 Å². The molecule has 1 fully saturated rings. The maximum atomic E-state index is 9.59. The summed E-state index contributed by atoms with van der Waals surface area (Å²) in [5.74, 6) is 2.43. The van der Waals surface area contributed by atoms with Crippen molar-refractivity contribution in [3.05, 3.63) is 0 Å².